The summed E-state index contributed by atoms with van der Waals surface area (Å²) in [6, 6.07) is 0.450. The average molecular weight is 218 g/mol. The van der Waals surface area contributed by atoms with Gasteiger partial charge < -0.3 is 9.13 Å². The molecule has 0 aromatic carbocycles. The van der Waals surface area contributed by atoms with Crippen LogP contribution in [0.2, 0.25) is 0 Å². The minimum atomic E-state index is 0.450. The molecule has 0 unspecified atom stereocenters. The predicted molar refractivity (Wildman–Crippen MR) is 63.3 cm³/mol. The van der Waals surface area contributed by atoms with Crippen molar-refractivity contribution in [2.24, 2.45) is 0 Å². The van der Waals surface area contributed by atoms with E-state index in [4.69, 9.17) is 0 Å². The molecule has 4 heteroatoms. The van der Waals surface area contributed by atoms with E-state index in [9.17, 15) is 0 Å². The number of hydrogen-bond acceptors (Lipinski definition) is 2. The van der Waals surface area contributed by atoms with Crippen molar-refractivity contribution in [2.75, 3.05) is 0 Å². The second-order valence-electron chi connectivity index (χ2n) is 4.21. The maximum atomic E-state index is 4.32. The van der Waals surface area contributed by atoms with Gasteiger partial charge in [-0.25, -0.2) is 9.97 Å². The molecule has 0 aliphatic carbocycles. The van der Waals surface area contributed by atoms with Gasteiger partial charge in [-0.2, -0.15) is 0 Å². The Labute approximate surface area is 96.0 Å². The third-order valence-electron chi connectivity index (χ3n) is 2.75. The Morgan fingerprint density at radius 3 is 2.88 bits per heavy atom. The summed E-state index contributed by atoms with van der Waals surface area (Å²) in [4.78, 5) is 8.53. The van der Waals surface area contributed by atoms with Crippen LogP contribution in [0, 0.1) is 0 Å². The van der Waals surface area contributed by atoms with Gasteiger partial charge in [-0.05, 0) is 13.8 Å². The maximum Gasteiger partial charge on any atom is 0.108 e. The third-order valence-corrected chi connectivity index (χ3v) is 2.75. The third kappa shape index (κ3) is 2.01. The molecule has 0 atom stereocenters. The number of imidazole rings is 2. The van der Waals surface area contributed by atoms with E-state index in [1.54, 1.807) is 0 Å². The predicted octanol–water partition coefficient (Wildman–Crippen LogP) is 2.27. The fourth-order valence-corrected chi connectivity index (χ4v) is 1.89. The van der Waals surface area contributed by atoms with Crippen molar-refractivity contribution in [2.45, 2.75) is 39.8 Å². The highest BCUT2D eigenvalue weighted by molar-refractivity contribution is 5.04. The highest BCUT2D eigenvalue weighted by Crippen LogP contribution is 2.11. The van der Waals surface area contributed by atoms with Crippen LogP contribution in [0.15, 0.2) is 24.9 Å². The first-order valence-electron chi connectivity index (χ1n) is 5.73. The van der Waals surface area contributed by atoms with Gasteiger partial charge in [-0.1, -0.05) is 6.92 Å². The molecule has 0 aliphatic rings. The molecule has 0 aliphatic heterocycles. The molecule has 0 amide bonds. The summed E-state index contributed by atoms with van der Waals surface area (Å²) in [5.74, 6) is 1.12. The lowest BCUT2D eigenvalue weighted by atomic mass is 10.3. The summed E-state index contributed by atoms with van der Waals surface area (Å²) in [5, 5.41) is 0. The van der Waals surface area contributed by atoms with E-state index in [0.717, 1.165) is 18.8 Å². The molecule has 0 saturated heterocycles. The maximum absolute atomic E-state index is 4.32. The number of aromatic nitrogens is 4. The summed E-state index contributed by atoms with van der Waals surface area (Å²) in [7, 11) is 0. The van der Waals surface area contributed by atoms with E-state index in [1.165, 1.54) is 5.69 Å². The lowest BCUT2D eigenvalue weighted by molar-refractivity contribution is 0.557. The van der Waals surface area contributed by atoms with Crippen molar-refractivity contribution in [1.82, 2.24) is 19.1 Å². The molecule has 0 fully saturated rings. The van der Waals surface area contributed by atoms with E-state index in [-0.39, 0.29) is 0 Å². The van der Waals surface area contributed by atoms with E-state index in [0.29, 0.717) is 6.04 Å². The van der Waals surface area contributed by atoms with Crippen molar-refractivity contribution in [3.05, 3.63) is 36.4 Å². The summed E-state index contributed by atoms with van der Waals surface area (Å²) < 4.78 is 4.37. The molecule has 2 heterocycles. The zero-order valence-electron chi connectivity index (χ0n) is 10.1. The first-order chi connectivity index (χ1) is 7.72. The molecule has 2 aromatic rings. The van der Waals surface area contributed by atoms with Gasteiger partial charge in [0.2, 0.25) is 0 Å². The van der Waals surface area contributed by atoms with E-state index in [2.05, 4.69) is 39.9 Å². The van der Waals surface area contributed by atoms with E-state index >= 15 is 0 Å². The first kappa shape index (κ1) is 10.9. The second-order valence-corrected chi connectivity index (χ2v) is 4.21. The van der Waals surface area contributed by atoms with Crippen molar-refractivity contribution in [3.8, 4) is 0 Å². The Balaban J connectivity index is 2.23. The second kappa shape index (κ2) is 4.51. The highest BCUT2D eigenvalue weighted by atomic mass is 15.1. The molecule has 0 N–H and O–H groups in total. The average Bonchev–Trinajstić information content (AvgIpc) is 2.86. The molecule has 0 radical (unpaired) electrons. The molecule has 0 bridgehead atoms. The normalized spacial score (nSPS) is 11.2. The SMILES string of the molecule is CCc1nccn1Cc1cncn1C(C)C. The minimum Gasteiger partial charge on any atom is -0.330 e. The lowest BCUT2D eigenvalue weighted by Crippen LogP contribution is -2.10. The van der Waals surface area contributed by atoms with Gasteiger partial charge in [0.15, 0.2) is 0 Å². The molecule has 2 aromatic heterocycles. The van der Waals surface area contributed by atoms with Crippen molar-refractivity contribution >= 4 is 0 Å². The summed E-state index contributed by atoms with van der Waals surface area (Å²) >= 11 is 0. The quantitative estimate of drug-likeness (QED) is 0.789. The smallest absolute Gasteiger partial charge is 0.108 e. The zero-order valence-corrected chi connectivity index (χ0v) is 10.1. The fraction of sp³-hybridized carbons (Fsp3) is 0.500. The molecular weight excluding hydrogens is 200 g/mol. The summed E-state index contributed by atoms with van der Waals surface area (Å²) in [5.41, 5.74) is 1.22. The van der Waals surface area contributed by atoms with Gasteiger partial charge in [-0.15, -0.1) is 0 Å². The van der Waals surface area contributed by atoms with Crippen molar-refractivity contribution < 1.29 is 0 Å². The van der Waals surface area contributed by atoms with Crippen LogP contribution in [0.25, 0.3) is 0 Å². The van der Waals surface area contributed by atoms with Gasteiger partial charge in [0.25, 0.3) is 0 Å². The zero-order chi connectivity index (χ0) is 11.5. The van der Waals surface area contributed by atoms with Crippen molar-refractivity contribution in [1.29, 1.82) is 0 Å². The van der Waals surface area contributed by atoms with Crippen LogP contribution in [0.5, 0.6) is 0 Å². The van der Waals surface area contributed by atoms with Crippen LogP contribution in [0.4, 0.5) is 0 Å². The lowest BCUT2D eigenvalue weighted by Gasteiger charge is -2.13. The van der Waals surface area contributed by atoms with Crippen LogP contribution >= 0.6 is 0 Å². The van der Waals surface area contributed by atoms with Crippen LogP contribution in [0.3, 0.4) is 0 Å². The number of aryl methyl sites for hydroxylation is 1. The Bertz CT molecular complexity index is 453. The van der Waals surface area contributed by atoms with Gasteiger partial charge >= 0.3 is 0 Å². The number of rotatable bonds is 4. The fourth-order valence-electron chi connectivity index (χ4n) is 1.89. The molecule has 16 heavy (non-hydrogen) atoms. The van der Waals surface area contributed by atoms with Crippen LogP contribution in [0.1, 0.15) is 38.3 Å². The van der Waals surface area contributed by atoms with Crippen LogP contribution in [-0.2, 0) is 13.0 Å². The Hall–Kier alpha value is -1.58. The van der Waals surface area contributed by atoms with E-state index < -0.39 is 0 Å². The minimum absolute atomic E-state index is 0.450. The van der Waals surface area contributed by atoms with Gasteiger partial charge in [0.05, 0.1) is 18.6 Å². The molecule has 2 rings (SSSR count). The molecule has 0 saturated carbocycles. The molecule has 86 valence electrons. The molecule has 4 nitrogen and oxygen atoms in total. The first-order valence-corrected chi connectivity index (χ1v) is 5.73. The van der Waals surface area contributed by atoms with Gasteiger partial charge in [0, 0.05) is 31.1 Å². The monoisotopic (exact) mass is 218 g/mol. The molecular formula is C12H18N4. The van der Waals surface area contributed by atoms with Crippen LogP contribution < -0.4 is 0 Å². The largest absolute Gasteiger partial charge is 0.330 e. The number of nitrogens with zero attached hydrogens (tertiary/aromatic N) is 4. The van der Waals surface area contributed by atoms with Crippen molar-refractivity contribution in [3.63, 3.8) is 0 Å². The standard InChI is InChI=1S/C12H18N4/c1-4-12-14-5-6-15(12)8-11-7-13-9-16(11)10(2)3/h5-7,9-10H,4,8H2,1-3H3. The molecule has 0 spiro atoms. The van der Waals surface area contributed by atoms with E-state index in [1.807, 2.05) is 24.9 Å². The summed E-state index contributed by atoms with van der Waals surface area (Å²) in [6.45, 7) is 7.31. The van der Waals surface area contributed by atoms with Gasteiger partial charge in [0.1, 0.15) is 5.82 Å². The van der Waals surface area contributed by atoms with Gasteiger partial charge in [-0.3, -0.25) is 0 Å². The number of hydrogen-bond donors (Lipinski definition) is 0. The topological polar surface area (TPSA) is 35.6 Å². The summed E-state index contributed by atoms with van der Waals surface area (Å²) in [6.07, 6.45) is 8.66. The Morgan fingerprint density at radius 1 is 1.38 bits per heavy atom. The van der Waals surface area contributed by atoms with Crippen LogP contribution in [-0.4, -0.2) is 19.1 Å². The highest BCUT2D eigenvalue weighted by Gasteiger charge is 2.07. The Kier molecular flexibility index (Phi) is 3.08. The Morgan fingerprint density at radius 2 is 2.19 bits per heavy atom.